The largest absolute Gasteiger partial charge is 0.378 e. The van der Waals surface area contributed by atoms with Gasteiger partial charge in [0.2, 0.25) is 5.78 Å². The quantitative estimate of drug-likeness (QED) is 0.942. The van der Waals surface area contributed by atoms with E-state index in [-0.39, 0.29) is 5.78 Å². The third kappa shape index (κ3) is 1.99. The Morgan fingerprint density at radius 2 is 2.09 bits per heavy atom. The summed E-state index contributed by atoms with van der Waals surface area (Å²) in [6.07, 6.45) is 4.88. The number of aryl methyl sites for hydroxylation is 1. The lowest BCUT2D eigenvalue weighted by molar-refractivity contribution is 0.101. The molecule has 0 bridgehead atoms. The smallest absolute Gasteiger partial charge is 0.225 e. The highest BCUT2D eigenvalue weighted by molar-refractivity contribution is 6.26. The van der Waals surface area contributed by atoms with Crippen LogP contribution in [0.4, 0.5) is 0 Å². The average Bonchev–Trinajstić information content (AvgIpc) is 2.88. The number of aromatic nitrogens is 1. The minimum absolute atomic E-state index is 0.0560. The second-order valence-electron chi connectivity index (χ2n) is 5.73. The van der Waals surface area contributed by atoms with Gasteiger partial charge in [-0.3, -0.25) is 9.79 Å². The molecular formula is C18H17N3O. The van der Waals surface area contributed by atoms with E-state index in [4.69, 9.17) is 0 Å². The van der Waals surface area contributed by atoms with Crippen molar-refractivity contribution < 1.29 is 4.79 Å². The average molecular weight is 291 g/mol. The summed E-state index contributed by atoms with van der Waals surface area (Å²) >= 11 is 0. The van der Waals surface area contributed by atoms with Gasteiger partial charge in [-0.15, -0.1) is 0 Å². The van der Waals surface area contributed by atoms with Gasteiger partial charge in [-0.05, 0) is 23.6 Å². The van der Waals surface area contributed by atoms with Crippen molar-refractivity contribution in [1.82, 2.24) is 9.88 Å². The van der Waals surface area contributed by atoms with Crippen LogP contribution in [-0.4, -0.2) is 22.6 Å². The molecule has 2 heterocycles. The van der Waals surface area contributed by atoms with Gasteiger partial charge in [-0.1, -0.05) is 30.3 Å². The first-order valence-corrected chi connectivity index (χ1v) is 7.51. The molecule has 0 fully saturated rings. The molecule has 0 spiro atoms. The van der Waals surface area contributed by atoms with Crippen molar-refractivity contribution in [3.8, 4) is 0 Å². The maximum Gasteiger partial charge on any atom is 0.225 e. The summed E-state index contributed by atoms with van der Waals surface area (Å²) in [4.78, 5) is 17.3. The molecule has 0 amide bonds. The molecule has 110 valence electrons. The molecule has 0 unspecified atom stereocenters. The predicted octanol–water partition coefficient (Wildman–Crippen LogP) is 2.24. The van der Waals surface area contributed by atoms with E-state index in [1.165, 1.54) is 5.56 Å². The fourth-order valence-corrected chi connectivity index (χ4v) is 3.19. The molecule has 0 saturated heterocycles. The zero-order valence-electron chi connectivity index (χ0n) is 12.5. The van der Waals surface area contributed by atoms with Gasteiger partial charge in [0.25, 0.3) is 0 Å². The number of hydrogen-bond donors (Lipinski definition) is 1. The van der Waals surface area contributed by atoms with Crippen molar-refractivity contribution >= 4 is 11.5 Å². The van der Waals surface area contributed by atoms with Crippen LogP contribution in [-0.2, 0) is 20.0 Å². The maximum atomic E-state index is 12.8. The summed E-state index contributed by atoms with van der Waals surface area (Å²) in [5.74, 6) is 0.0560. The molecule has 2 aromatic rings. The number of ketones is 1. The monoisotopic (exact) mass is 291 g/mol. The topological polar surface area (TPSA) is 46.4 Å². The molecule has 0 radical (unpaired) electrons. The summed E-state index contributed by atoms with van der Waals surface area (Å²) in [5.41, 5.74) is 5.74. The number of carbonyl (C=O) groups excluding carboxylic acids is 1. The summed E-state index contributed by atoms with van der Waals surface area (Å²) in [6.45, 7) is 1.43. The Morgan fingerprint density at radius 1 is 1.27 bits per heavy atom. The van der Waals surface area contributed by atoms with Gasteiger partial charge in [-0.2, -0.15) is 0 Å². The summed E-state index contributed by atoms with van der Waals surface area (Å²) < 4.78 is 1.94. The van der Waals surface area contributed by atoms with Gasteiger partial charge >= 0.3 is 0 Å². The van der Waals surface area contributed by atoms with Crippen LogP contribution < -0.4 is 5.32 Å². The van der Waals surface area contributed by atoms with Crippen LogP contribution in [0.2, 0.25) is 0 Å². The van der Waals surface area contributed by atoms with E-state index in [2.05, 4.69) is 16.5 Å². The third-order valence-corrected chi connectivity index (χ3v) is 4.25. The van der Waals surface area contributed by atoms with E-state index in [0.29, 0.717) is 12.2 Å². The Balaban J connectivity index is 1.66. The standard InChI is InChI=1S/C18H17N3O/c1-21-11-13-7-8-19-14-9-15(18(22)17(21)16(13)14)20-10-12-5-3-2-4-6-12/h2-6,9,11,20H,7-8,10H2,1H3. The summed E-state index contributed by atoms with van der Waals surface area (Å²) in [7, 11) is 1.93. The van der Waals surface area contributed by atoms with Crippen LogP contribution in [0.1, 0.15) is 27.2 Å². The van der Waals surface area contributed by atoms with E-state index < -0.39 is 0 Å². The van der Waals surface area contributed by atoms with Gasteiger partial charge in [0, 0.05) is 31.9 Å². The first-order chi connectivity index (χ1) is 10.7. The van der Waals surface area contributed by atoms with Gasteiger partial charge in [0.05, 0.1) is 11.4 Å². The minimum Gasteiger partial charge on any atom is -0.378 e. The highest BCUT2D eigenvalue weighted by atomic mass is 16.1. The molecule has 1 aromatic carbocycles. The molecule has 0 atom stereocenters. The van der Waals surface area contributed by atoms with Crippen molar-refractivity contribution in [2.45, 2.75) is 13.0 Å². The van der Waals surface area contributed by atoms with Crippen LogP contribution in [0.5, 0.6) is 0 Å². The minimum atomic E-state index is 0.0560. The number of rotatable bonds is 3. The Hall–Kier alpha value is -2.62. The molecule has 4 rings (SSSR count). The second-order valence-corrected chi connectivity index (χ2v) is 5.73. The predicted molar refractivity (Wildman–Crippen MR) is 86.2 cm³/mol. The first kappa shape index (κ1) is 13.1. The maximum absolute atomic E-state index is 12.8. The van der Waals surface area contributed by atoms with Gasteiger partial charge in [0.1, 0.15) is 5.69 Å². The number of aliphatic imine (C=N–C) groups is 1. The van der Waals surface area contributed by atoms with Crippen molar-refractivity contribution in [3.05, 3.63) is 70.7 Å². The fraction of sp³-hybridized carbons (Fsp3) is 0.222. The SMILES string of the molecule is Cn1cc2c3c1C(=O)C(NCc1ccccc1)=CC3=NCC2. The normalized spacial score (nSPS) is 16.0. The molecular weight excluding hydrogens is 274 g/mol. The van der Waals surface area contributed by atoms with E-state index in [1.807, 2.05) is 48.0 Å². The number of allylic oxidation sites excluding steroid dienone is 2. The Kier molecular flexibility index (Phi) is 2.96. The van der Waals surface area contributed by atoms with E-state index in [9.17, 15) is 4.79 Å². The van der Waals surface area contributed by atoms with Crippen molar-refractivity contribution in [2.75, 3.05) is 6.54 Å². The van der Waals surface area contributed by atoms with Crippen LogP contribution in [0, 0.1) is 0 Å². The highest BCUT2D eigenvalue weighted by Crippen LogP contribution is 2.28. The van der Waals surface area contributed by atoms with Gasteiger partial charge < -0.3 is 9.88 Å². The number of benzene rings is 1. The molecule has 4 heteroatoms. The molecule has 1 aromatic heterocycles. The Bertz CT molecular complexity index is 812. The van der Waals surface area contributed by atoms with E-state index >= 15 is 0 Å². The van der Waals surface area contributed by atoms with Crippen LogP contribution >= 0.6 is 0 Å². The molecule has 1 aliphatic carbocycles. The molecule has 0 saturated carbocycles. The lowest BCUT2D eigenvalue weighted by Gasteiger charge is -2.20. The number of nitrogens with zero attached hydrogens (tertiary/aromatic N) is 2. The number of nitrogens with one attached hydrogen (secondary N) is 1. The third-order valence-electron chi connectivity index (χ3n) is 4.25. The Morgan fingerprint density at radius 3 is 2.91 bits per heavy atom. The van der Waals surface area contributed by atoms with Crippen molar-refractivity contribution in [1.29, 1.82) is 0 Å². The van der Waals surface area contributed by atoms with Crippen LogP contribution in [0.3, 0.4) is 0 Å². The summed E-state index contributed by atoms with van der Waals surface area (Å²) in [5, 5.41) is 3.27. The van der Waals surface area contributed by atoms with Crippen LogP contribution in [0.15, 0.2) is 53.3 Å². The van der Waals surface area contributed by atoms with Crippen molar-refractivity contribution in [3.63, 3.8) is 0 Å². The number of hydrogen-bond acceptors (Lipinski definition) is 3. The lowest BCUT2D eigenvalue weighted by Crippen LogP contribution is -2.29. The zero-order chi connectivity index (χ0) is 15.1. The Labute approximate surface area is 129 Å². The van der Waals surface area contributed by atoms with Crippen molar-refractivity contribution in [2.24, 2.45) is 12.0 Å². The molecule has 22 heavy (non-hydrogen) atoms. The van der Waals surface area contributed by atoms with Gasteiger partial charge in [0.15, 0.2) is 0 Å². The number of carbonyl (C=O) groups is 1. The molecule has 2 aliphatic rings. The van der Waals surface area contributed by atoms with E-state index in [1.54, 1.807) is 0 Å². The zero-order valence-corrected chi connectivity index (χ0v) is 12.5. The second kappa shape index (κ2) is 4.98. The van der Waals surface area contributed by atoms with E-state index in [0.717, 1.165) is 35.5 Å². The van der Waals surface area contributed by atoms with Crippen LogP contribution in [0.25, 0.3) is 0 Å². The lowest BCUT2D eigenvalue weighted by atomic mass is 9.92. The first-order valence-electron chi connectivity index (χ1n) is 7.51. The van der Waals surface area contributed by atoms with Gasteiger partial charge in [-0.25, -0.2) is 0 Å². The fourth-order valence-electron chi connectivity index (χ4n) is 3.19. The molecule has 4 nitrogen and oxygen atoms in total. The molecule has 1 N–H and O–H groups in total. The summed E-state index contributed by atoms with van der Waals surface area (Å²) in [6, 6.07) is 10.1. The number of Topliss-reactive ketones (excluding diaryl/α,β-unsaturated/α-hetero) is 1. The highest BCUT2D eigenvalue weighted by Gasteiger charge is 2.31. The molecule has 1 aliphatic heterocycles.